The Hall–Kier alpha value is -1.04. The van der Waals surface area contributed by atoms with Crippen LogP contribution in [0.1, 0.15) is 11.4 Å². The molecule has 12 heavy (non-hydrogen) atoms. The number of nitrogens with zero attached hydrogens (tertiary/aromatic N) is 2. The van der Waals surface area contributed by atoms with E-state index in [1.54, 1.807) is 6.92 Å². The van der Waals surface area contributed by atoms with E-state index in [4.69, 9.17) is 0 Å². The first-order chi connectivity index (χ1) is 5.70. The van der Waals surface area contributed by atoms with Crippen LogP contribution in [0.5, 0.6) is 0 Å². The molecule has 4 nitrogen and oxygen atoms in total. The summed E-state index contributed by atoms with van der Waals surface area (Å²) in [5, 5.41) is 9.54. The lowest BCUT2D eigenvalue weighted by molar-refractivity contribution is 0.145. The molecule has 1 rings (SSSR count). The fraction of sp³-hybridized carbons (Fsp3) is 0.667. The quantitative estimate of drug-likeness (QED) is 0.736. The number of hydrogen-bond donors (Lipinski definition) is 1. The molecule has 0 saturated carbocycles. The molecule has 1 aromatic rings. The van der Waals surface area contributed by atoms with Crippen LogP contribution in [0.2, 0.25) is 0 Å². The maximum absolute atomic E-state index is 11.6. The second-order valence-electron chi connectivity index (χ2n) is 2.32. The smallest absolute Gasteiger partial charge is 0.250 e. The monoisotopic (exact) mass is 177 g/mol. The minimum Gasteiger partial charge on any atom is -0.306 e. The molecule has 0 spiro atoms. The lowest BCUT2D eigenvalue weighted by Crippen LogP contribution is -2.21. The van der Waals surface area contributed by atoms with Gasteiger partial charge in [-0.05, 0) is 6.92 Å². The number of halogens is 2. The molecule has 0 amide bonds. The van der Waals surface area contributed by atoms with Gasteiger partial charge in [0.1, 0.15) is 11.4 Å². The molecule has 0 bridgehead atoms. The summed E-state index contributed by atoms with van der Waals surface area (Å²) < 4.78 is 27.7. The zero-order chi connectivity index (χ0) is 8.97. The second-order valence-corrected chi connectivity index (χ2v) is 2.32. The van der Waals surface area contributed by atoms with E-state index in [-0.39, 0.29) is 13.1 Å². The minimum atomic E-state index is -2.34. The van der Waals surface area contributed by atoms with E-state index >= 15 is 0 Å². The van der Waals surface area contributed by atoms with E-state index in [1.807, 2.05) is 0 Å². The zero-order valence-electron chi connectivity index (χ0n) is 6.55. The van der Waals surface area contributed by atoms with Crippen LogP contribution in [-0.2, 0) is 6.54 Å². The summed E-state index contributed by atoms with van der Waals surface area (Å²) in [7, 11) is 0. The van der Waals surface area contributed by atoms with Crippen LogP contribution in [0.3, 0.4) is 0 Å². The van der Waals surface area contributed by atoms with E-state index in [0.29, 0.717) is 11.4 Å². The summed E-state index contributed by atoms with van der Waals surface area (Å²) >= 11 is 0. The average Bonchev–Trinajstić information content (AvgIpc) is 2.36. The SMILES string of the molecule is Cc1nonc1CNCC(F)F. The molecule has 0 unspecified atom stereocenters. The average molecular weight is 177 g/mol. The van der Waals surface area contributed by atoms with Gasteiger partial charge in [0.25, 0.3) is 6.43 Å². The van der Waals surface area contributed by atoms with Crippen molar-refractivity contribution in [3.05, 3.63) is 11.4 Å². The molecule has 1 aromatic heterocycles. The molecular weight excluding hydrogens is 168 g/mol. The van der Waals surface area contributed by atoms with Crippen molar-refractivity contribution in [2.45, 2.75) is 19.9 Å². The van der Waals surface area contributed by atoms with E-state index in [2.05, 4.69) is 20.3 Å². The van der Waals surface area contributed by atoms with Crippen molar-refractivity contribution < 1.29 is 13.4 Å². The third kappa shape index (κ3) is 2.54. The van der Waals surface area contributed by atoms with Gasteiger partial charge in [0.05, 0.1) is 6.54 Å². The molecule has 0 fully saturated rings. The Morgan fingerprint density at radius 3 is 2.75 bits per heavy atom. The first-order valence-electron chi connectivity index (χ1n) is 3.47. The van der Waals surface area contributed by atoms with E-state index < -0.39 is 6.43 Å². The third-order valence-electron chi connectivity index (χ3n) is 1.34. The largest absolute Gasteiger partial charge is 0.306 e. The zero-order valence-corrected chi connectivity index (χ0v) is 6.55. The van der Waals surface area contributed by atoms with Crippen molar-refractivity contribution in [1.82, 2.24) is 15.6 Å². The number of alkyl halides is 2. The highest BCUT2D eigenvalue weighted by molar-refractivity contribution is 5.03. The normalized spacial score (nSPS) is 11.0. The van der Waals surface area contributed by atoms with Crippen molar-refractivity contribution in [2.75, 3.05) is 6.54 Å². The van der Waals surface area contributed by atoms with E-state index in [9.17, 15) is 8.78 Å². The van der Waals surface area contributed by atoms with Crippen LogP contribution >= 0.6 is 0 Å². The summed E-state index contributed by atoms with van der Waals surface area (Å²) in [6.07, 6.45) is -2.34. The summed E-state index contributed by atoms with van der Waals surface area (Å²) in [5.74, 6) is 0. The number of nitrogens with one attached hydrogen (secondary N) is 1. The van der Waals surface area contributed by atoms with E-state index in [1.165, 1.54) is 0 Å². The fourth-order valence-corrected chi connectivity index (χ4v) is 0.710. The molecule has 0 aliphatic carbocycles. The molecule has 0 aliphatic heterocycles. The lowest BCUT2D eigenvalue weighted by Gasteiger charge is -1.99. The van der Waals surface area contributed by atoms with Crippen molar-refractivity contribution in [1.29, 1.82) is 0 Å². The Kier molecular flexibility index (Phi) is 3.09. The molecule has 1 N–H and O–H groups in total. The number of aryl methyl sites for hydroxylation is 1. The summed E-state index contributed by atoms with van der Waals surface area (Å²) in [6.45, 7) is 1.63. The van der Waals surface area contributed by atoms with Gasteiger partial charge in [0.2, 0.25) is 0 Å². The minimum absolute atomic E-state index is 0.264. The Morgan fingerprint density at radius 2 is 2.25 bits per heavy atom. The summed E-state index contributed by atoms with van der Waals surface area (Å²) in [5.41, 5.74) is 1.19. The fourth-order valence-electron chi connectivity index (χ4n) is 0.710. The predicted octanol–water partition coefficient (Wildman–Crippen LogP) is 0.733. The van der Waals surface area contributed by atoms with Crippen LogP contribution < -0.4 is 5.32 Å². The topological polar surface area (TPSA) is 51.0 Å². The Labute approximate surface area is 67.9 Å². The predicted molar refractivity (Wildman–Crippen MR) is 36.7 cm³/mol. The molecule has 6 heteroatoms. The molecule has 1 heterocycles. The van der Waals surface area contributed by atoms with Crippen LogP contribution in [0.15, 0.2) is 4.63 Å². The van der Waals surface area contributed by atoms with Crippen LogP contribution in [0.4, 0.5) is 8.78 Å². The van der Waals surface area contributed by atoms with Gasteiger partial charge in [-0.3, -0.25) is 0 Å². The molecule has 0 aliphatic rings. The standard InChI is InChI=1S/C6H9F2N3O/c1-4-5(11-12-10-4)2-9-3-6(7)8/h6,9H,2-3H2,1H3. The summed E-state index contributed by atoms with van der Waals surface area (Å²) in [4.78, 5) is 0. The van der Waals surface area contributed by atoms with Crippen LogP contribution in [0.25, 0.3) is 0 Å². The van der Waals surface area contributed by atoms with Gasteiger partial charge in [-0.2, -0.15) is 0 Å². The second kappa shape index (κ2) is 4.10. The van der Waals surface area contributed by atoms with Gasteiger partial charge in [-0.15, -0.1) is 0 Å². The van der Waals surface area contributed by atoms with Crippen LogP contribution in [-0.4, -0.2) is 23.3 Å². The van der Waals surface area contributed by atoms with Gasteiger partial charge in [-0.25, -0.2) is 13.4 Å². The molecule has 0 radical (unpaired) electrons. The van der Waals surface area contributed by atoms with Crippen molar-refractivity contribution in [3.63, 3.8) is 0 Å². The number of rotatable bonds is 4. The van der Waals surface area contributed by atoms with Gasteiger partial charge in [-0.1, -0.05) is 10.3 Å². The Bertz CT molecular complexity index is 238. The van der Waals surface area contributed by atoms with Gasteiger partial charge in [0, 0.05) is 6.54 Å². The van der Waals surface area contributed by atoms with Crippen molar-refractivity contribution >= 4 is 0 Å². The van der Waals surface area contributed by atoms with Gasteiger partial charge >= 0.3 is 0 Å². The summed E-state index contributed by atoms with van der Waals surface area (Å²) in [6, 6.07) is 0. The van der Waals surface area contributed by atoms with Crippen LogP contribution in [0, 0.1) is 6.92 Å². The number of hydrogen-bond acceptors (Lipinski definition) is 4. The molecule has 0 atom stereocenters. The van der Waals surface area contributed by atoms with Gasteiger partial charge in [0.15, 0.2) is 0 Å². The maximum atomic E-state index is 11.6. The highest BCUT2D eigenvalue weighted by atomic mass is 19.3. The van der Waals surface area contributed by atoms with E-state index in [0.717, 1.165) is 0 Å². The molecule has 68 valence electrons. The highest BCUT2D eigenvalue weighted by Crippen LogP contribution is 1.99. The molecule has 0 aromatic carbocycles. The third-order valence-corrected chi connectivity index (χ3v) is 1.34. The molecular formula is C6H9F2N3O. The maximum Gasteiger partial charge on any atom is 0.250 e. The highest BCUT2D eigenvalue weighted by Gasteiger charge is 2.06. The number of aromatic nitrogens is 2. The Morgan fingerprint density at radius 1 is 1.50 bits per heavy atom. The lowest BCUT2D eigenvalue weighted by atomic mass is 10.3. The first kappa shape index (κ1) is 9.05. The first-order valence-corrected chi connectivity index (χ1v) is 3.47. The van der Waals surface area contributed by atoms with Crippen molar-refractivity contribution in [3.8, 4) is 0 Å². The molecule has 0 saturated heterocycles. The Balaban J connectivity index is 2.29. The van der Waals surface area contributed by atoms with Gasteiger partial charge < -0.3 is 5.32 Å². The van der Waals surface area contributed by atoms with Crippen molar-refractivity contribution in [2.24, 2.45) is 0 Å².